The monoisotopic (exact) mass is 413 g/mol. The van der Waals surface area contributed by atoms with Gasteiger partial charge in [0.15, 0.2) is 0 Å². The van der Waals surface area contributed by atoms with Crippen molar-refractivity contribution in [2.24, 2.45) is 0 Å². The van der Waals surface area contributed by atoms with Gasteiger partial charge in [0.25, 0.3) is 11.5 Å². The summed E-state index contributed by atoms with van der Waals surface area (Å²) in [6.07, 6.45) is 3.75. The number of piperazine rings is 1. The van der Waals surface area contributed by atoms with E-state index in [1.54, 1.807) is 16.8 Å². The van der Waals surface area contributed by atoms with Crippen LogP contribution in [0.4, 0.5) is 0 Å². The van der Waals surface area contributed by atoms with Gasteiger partial charge in [0.1, 0.15) is 11.2 Å². The molecule has 0 radical (unpaired) electrons. The largest absolute Gasteiger partial charge is 0.336 e. The summed E-state index contributed by atoms with van der Waals surface area (Å²) in [4.78, 5) is 33.0. The summed E-state index contributed by atoms with van der Waals surface area (Å²) in [6, 6.07) is 16.5. The zero-order valence-corrected chi connectivity index (χ0v) is 17.1. The van der Waals surface area contributed by atoms with Crippen LogP contribution in [0.15, 0.2) is 59.5 Å². The third-order valence-electron chi connectivity index (χ3n) is 6.76. The summed E-state index contributed by atoms with van der Waals surface area (Å²) < 4.78 is 1.65. The smallest absolute Gasteiger partial charge is 0.259 e. The van der Waals surface area contributed by atoms with Crippen LogP contribution < -0.4 is 5.56 Å². The fourth-order valence-electron chi connectivity index (χ4n) is 5.09. The van der Waals surface area contributed by atoms with Crippen LogP contribution in [0, 0.1) is 0 Å². The Bertz CT molecular complexity index is 1340. The second-order valence-corrected chi connectivity index (χ2v) is 8.45. The lowest BCUT2D eigenvalue weighted by Gasteiger charge is -2.38. The summed E-state index contributed by atoms with van der Waals surface area (Å²) in [7, 11) is 0. The Kier molecular flexibility index (Phi) is 4.17. The number of benzene rings is 2. The first-order valence-electron chi connectivity index (χ1n) is 10.8. The SMILES string of the molecule is O=C(c1cnn2c1[nH]c(=O)c1ccccc12)N1CCN(C2Cc3ccccc3C2)CC1. The molecule has 2 aromatic carbocycles. The molecule has 31 heavy (non-hydrogen) atoms. The third kappa shape index (κ3) is 2.96. The maximum Gasteiger partial charge on any atom is 0.259 e. The van der Waals surface area contributed by atoms with E-state index in [0.717, 1.165) is 25.9 Å². The van der Waals surface area contributed by atoms with Crippen molar-refractivity contribution in [3.8, 4) is 0 Å². The molecule has 3 heterocycles. The van der Waals surface area contributed by atoms with Crippen LogP contribution in [-0.4, -0.2) is 62.5 Å². The number of hydrogen-bond donors (Lipinski definition) is 1. The number of H-pyrrole nitrogens is 1. The topological polar surface area (TPSA) is 73.7 Å². The highest BCUT2D eigenvalue weighted by atomic mass is 16.2. The number of aromatic amines is 1. The molecule has 2 aliphatic rings. The Morgan fingerprint density at radius 3 is 2.35 bits per heavy atom. The van der Waals surface area contributed by atoms with Crippen LogP contribution in [0.2, 0.25) is 0 Å². The van der Waals surface area contributed by atoms with Crippen molar-refractivity contribution in [2.75, 3.05) is 26.2 Å². The van der Waals surface area contributed by atoms with Gasteiger partial charge in [-0.05, 0) is 36.1 Å². The summed E-state index contributed by atoms with van der Waals surface area (Å²) in [5.74, 6) is -0.0738. The minimum absolute atomic E-state index is 0.0738. The predicted octanol–water partition coefficient (Wildman–Crippen LogP) is 2.10. The zero-order valence-electron chi connectivity index (χ0n) is 17.1. The van der Waals surface area contributed by atoms with E-state index < -0.39 is 0 Å². The Balaban J connectivity index is 1.21. The van der Waals surface area contributed by atoms with Gasteiger partial charge in [0.05, 0.1) is 17.1 Å². The van der Waals surface area contributed by atoms with Crippen molar-refractivity contribution in [3.63, 3.8) is 0 Å². The number of fused-ring (bicyclic) bond motifs is 4. The van der Waals surface area contributed by atoms with Gasteiger partial charge in [-0.25, -0.2) is 4.52 Å². The molecule has 156 valence electrons. The highest BCUT2D eigenvalue weighted by molar-refractivity contribution is 6.00. The van der Waals surface area contributed by atoms with Crippen LogP contribution in [0.25, 0.3) is 16.6 Å². The van der Waals surface area contributed by atoms with Gasteiger partial charge in [-0.1, -0.05) is 36.4 Å². The van der Waals surface area contributed by atoms with Crippen molar-refractivity contribution in [1.29, 1.82) is 0 Å². The number of nitrogens with zero attached hydrogens (tertiary/aromatic N) is 4. The first-order valence-corrected chi connectivity index (χ1v) is 10.8. The van der Waals surface area contributed by atoms with Crippen molar-refractivity contribution in [1.82, 2.24) is 24.4 Å². The first-order chi connectivity index (χ1) is 15.2. The quantitative estimate of drug-likeness (QED) is 0.546. The lowest BCUT2D eigenvalue weighted by molar-refractivity contribution is 0.0577. The van der Waals surface area contributed by atoms with Crippen LogP contribution in [0.1, 0.15) is 21.5 Å². The second kappa shape index (κ2) is 7.06. The molecule has 7 nitrogen and oxygen atoms in total. The molecule has 2 aromatic heterocycles. The van der Waals surface area contributed by atoms with Gasteiger partial charge in [-0.15, -0.1) is 0 Å². The maximum atomic E-state index is 13.3. The number of rotatable bonds is 2. The van der Waals surface area contributed by atoms with E-state index in [-0.39, 0.29) is 11.5 Å². The van der Waals surface area contributed by atoms with Gasteiger partial charge in [-0.2, -0.15) is 5.10 Å². The second-order valence-electron chi connectivity index (χ2n) is 8.45. The summed E-state index contributed by atoms with van der Waals surface area (Å²) >= 11 is 0. The average Bonchev–Trinajstić information content (AvgIpc) is 3.43. The third-order valence-corrected chi connectivity index (χ3v) is 6.76. The number of aromatic nitrogens is 3. The van der Waals surface area contributed by atoms with E-state index in [4.69, 9.17) is 0 Å². The van der Waals surface area contributed by atoms with E-state index >= 15 is 0 Å². The van der Waals surface area contributed by atoms with Gasteiger partial charge in [0, 0.05) is 32.2 Å². The van der Waals surface area contributed by atoms with E-state index in [1.165, 1.54) is 11.1 Å². The van der Waals surface area contributed by atoms with E-state index in [1.807, 2.05) is 23.1 Å². The molecular formula is C24H23N5O2. The van der Waals surface area contributed by atoms with Gasteiger partial charge < -0.3 is 9.88 Å². The number of para-hydroxylation sites is 1. The number of carbonyl (C=O) groups excluding carboxylic acids is 1. The molecule has 1 aliphatic heterocycles. The van der Waals surface area contributed by atoms with Gasteiger partial charge in [-0.3, -0.25) is 14.5 Å². The molecule has 0 saturated carbocycles. The molecule has 4 aromatic rings. The predicted molar refractivity (Wildman–Crippen MR) is 118 cm³/mol. The van der Waals surface area contributed by atoms with Crippen molar-refractivity contribution in [2.45, 2.75) is 18.9 Å². The molecule has 7 heteroatoms. The zero-order chi connectivity index (χ0) is 20.9. The fourth-order valence-corrected chi connectivity index (χ4v) is 5.09. The average molecular weight is 413 g/mol. The minimum atomic E-state index is -0.205. The molecule has 0 spiro atoms. The number of carbonyl (C=O) groups is 1. The number of nitrogens with one attached hydrogen (secondary N) is 1. The molecule has 1 fully saturated rings. The van der Waals surface area contributed by atoms with E-state index in [0.29, 0.717) is 41.2 Å². The van der Waals surface area contributed by atoms with Gasteiger partial charge >= 0.3 is 0 Å². The minimum Gasteiger partial charge on any atom is -0.336 e. The Morgan fingerprint density at radius 2 is 1.61 bits per heavy atom. The van der Waals surface area contributed by atoms with Crippen LogP contribution in [0.3, 0.4) is 0 Å². The Labute approximate surface area is 178 Å². The lowest BCUT2D eigenvalue weighted by atomic mass is 10.1. The summed E-state index contributed by atoms with van der Waals surface area (Å²) in [5.41, 5.74) is 4.31. The van der Waals surface area contributed by atoms with Crippen LogP contribution >= 0.6 is 0 Å². The highest BCUT2D eigenvalue weighted by Gasteiger charge is 2.31. The number of amides is 1. The van der Waals surface area contributed by atoms with Gasteiger partial charge in [0.2, 0.25) is 0 Å². The molecule has 0 bridgehead atoms. The first kappa shape index (κ1) is 18.3. The highest BCUT2D eigenvalue weighted by Crippen LogP contribution is 2.26. The Morgan fingerprint density at radius 1 is 0.935 bits per heavy atom. The Hall–Kier alpha value is -3.45. The van der Waals surface area contributed by atoms with E-state index in [9.17, 15) is 9.59 Å². The van der Waals surface area contributed by atoms with Crippen LogP contribution in [0.5, 0.6) is 0 Å². The fraction of sp³-hybridized carbons (Fsp3) is 0.292. The molecule has 1 aliphatic carbocycles. The van der Waals surface area contributed by atoms with E-state index in [2.05, 4.69) is 39.2 Å². The molecule has 6 rings (SSSR count). The van der Waals surface area contributed by atoms with Crippen molar-refractivity contribution in [3.05, 3.63) is 81.8 Å². The maximum absolute atomic E-state index is 13.3. The molecule has 0 atom stereocenters. The molecule has 1 amide bonds. The molecular weight excluding hydrogens is 390 g/mol. The standard InChI is InChI=1S/C24H23N5O2/c30-23-19-7-3-4-8-21(19)29-22(26-23)20(15-25-29)24(31)28-11-9-27(10-12-28)18-13-16-5-1-2-6-17(16)14-18/h1-8,15,18H,9-14H2,(H,26,30). The summed E-state index contributed by atoms with van der Waals surface area (Å²) in [6.45, 7) is 3.09. The van der Waals surface area contributed by atoms with Crippen LogP contribution in [-0.2, 0) is 12.8 Å². The molecule has 0 unspecified atom stereocenters. The normalized spacial score (nSPS) is 17.5. The summed E-state index contributed by atoms with van der Waals surface area (Å²) in [5, 5.41) is 4.95. The number of hydrogen-bond acceptors (Lipinski definition) is 4. The van der Waals surface area contributed by atoms with Crippen molar-refractivity contribution >= 4 is 22.5 Å². The molecule has 1 N–H and O–H groups in total. The van der Waals surface area contributed by atoms with Crippen molar-refractivity contribution < 1.29 is 4.79 Å². The lowest BCUT2D eigenvalue weighted by Crippen LogP contribution is -2.52. The molecule has 1 saturated heterocycles.